The number of carbonyl (C=O) groups excluding carboxylic acids is 3. The van der Waals surface area contributed by atoms with Crippen molar-refractivity contribution in [3.8, 4) is 5.75 Å². The lowest BCUT2D eigenvalue weighted by Gasteiger charge is -2.23. The number of aromatic hydroxyl groups is 1. The number of carboxylic acid groups (broad SMARTS) is 1. The van der Waals surface area contributed by atoms with E-state index in [1.54, 1.807) is 12.1 Å². The summed E-state index contributed by atoms with van der Waals surface area (Å²) in [5, 5.41) is 34.9. The van der Waals surface area contributed by atoms with E-state index < -0.39 is 54.0 Å². The minimum absolute atomic E-state index is 0.0377. The molecule has 0 fully saturated rings. The highest BCUT2D eigenvalue weighted by Crippen LogP contribution is 2.11. The highest BCUT2D eigenvalue weighted by Gasteiger charge is 2.29. The molecule has 5 unspecified atom stereocenters. The van der Waals surface area contributed by atoms with Gasteiger partial charge in [0.2, 0.25) is 17.7 Å². The fourth-order valence-corrected chi connectivity index (χ4v) is 2.43. The van der Waals surface area contributed by atoms with Gasteiger partial charge in [-0.05, 0) is 38.5 Å². The van der Waals surface area contributed by atoms with E-state index in [1.165, 1.54) is 32.9 Å². The molecule has 30 heavy (non-hydrogen) atoms. The summed E-state index contributed by atoms with van der Waals surface area (Å²) in [4.78, 5) is 48.0. The van der Waals surface area contributed by atoms with Crippen LogP contribution in [-0.2, 0) is 25.6 Å². The highest BCUT2D eigenvalue weighted by atomic mass is 16.4. The number of phenolic OH excluding ortho intramolecular Hbond substituents is 1. The number of nitrogens with two attached hydrogens (primary N) is 1. The first-order valence-corrected chi connectivity index (χ1v) is 9.27. The van der Waals surface area contributed by atoms with Crippen molar-refractivity contribution in [2.45, 2.75) is 57.5 Å². The Kier molecular flexibility index (Phi) is 9.21. The van der Waals surface area contributed by atoms with Gasteiger partial charge in [-0.25, -0.2) is 4.79 Å². The van der Waals surface area contributed by atoms with Crippen LogP contribution in [0.3, 0.4) is 0 Å². The second kappa shape index (κ2) is 11.1. The van der Waals surface area contributed by atoms with E-state index in [2.05, 4.69) is 16.0 Å². The number of benzene rings is 1. The Labute approximate surface area is 173 Å². The third kappa shape index (κ3) is 7.68. The van der Waals surface area contributed by atoms with Crippen molar-refractivity contribution in [1.29, 1.82) is 0 Å². The number of aliphatic hydroxyl groups is 1. The van der Waals surface area contributed by atoms with Crippen LogP contribution in [0.1, 0.15) is 26.3 Å². The van der Waals surface area contributed by atoms with Gasteiger partial charge in [-0.1, -0.05) is 12.1 Å². The summed E-state index contributed by atoms with van der Waals surface area (Å²) in [5.74, 6) is -3.48. The zero-order valence-corrected chi connectivity index (χ0v) is 17.0. The lowest BCUT2D eigenvalue weighted by atomic mass is 10.0. The van der Waals surface area contributed by atoms with Crippen LogP contribution >= 0.6 is 0 Å². The number of phenols is 1. The smallest absolute Gasteiger partial charge is 0.328 e. The van der Waals surface area contributed by atoms with Crippen molar-refractivity contribution in [2.24, 2.45) is 5.73 Å². The number of amides is 3. The predicted octanol–water partition coefficient (Wildman–Crippen LogP) is -1.78. The van der Waals surface area contributed by atoms with Gasteiger partial charge in [0.05, 0.1) is 12.1 Å². The Balaban J connectivity index is 2.88. The third-order valence-electron chi connectivity index (χ3n) is 4.22. The van der Waals surface area contributed by atoms with Gasteiger partial charge in [-0.3, -0.25) is 14.4 Å². The van der Waals surface area contributed by atoms with Gasteiger partial charge in [-0.2, -0.15) is 0 Å². The molecule has 11 nitrogen and oxygen atoms in total. The van der Waals surface area contributed by atoms with Crippen molar-refractivity contribution in [3.05, 3.63) is 29.8 Å². The zero-order valence-electron chi connectivity index (χ0n) is 17.0. The summed E-state index contributed by atoms with van der Waals surface area (Å²) in [6.07, 6.45) is -1.29. The number of rotatable bonds is 10. The van der Waals surface area contributed by atoms with E-state index in [0.29, 0.717) is 5.56 Å². The van der Waals surface area contributed by atoms with Gasteiger partial charge in [-0.15, -0.1) is 0 Å². The van der Waals surface area contributed by atoms with E-state index in [-0.39, 0.29) is 12.2 Å². The predicted molar refractivity (Wildman–Crippen MR) is 106 cm³/mol. The lowest BCUT2D eigenvalue weighted by Crippen LogP contribution is -2.57. The first-order valence-electron chi connectivity index (χ1n) is 9.27. The Bertz CT molecular complexity index is 765. The van der Waals surface area contributed by atoms with E-state index in [1.807, 2.05) is 0 Å². The van der Waals surface area contributed by atoms with Crippen molar-refractivity contribution < 1.29 is 34.5 Å². The molecule has 0 aliphatic carbocycles. The molecule has 0 radical (unpaired) electrons. The SMILES string of the molecule is CC(N)C(=O)NC(Cc1ccc(O)cc1)C(=O)NC(C)C(=O)NC(C(=O)O)C(C)O. The molecule has 0 aliphatic heterocycles. The molecule has 8 N–H and O–H groups in total. The molecule has 1 aromatic rings. The van der Waals surface area contributed by atoms with Gasteiger partial charge in [0, 0.05) is 6.42 Å². The van der Waals surface area contributed by atoms with Crippen LogP contribution in [0.4, 0.5) is 0 Å². The maximum Gasteiger partial charge on any atom is 0.328 e. The number of aliphatic hydroxyl groups excluding tert-OH is 1. The van der Waals surface area contributed by atoms with E-state index in [4.69, 9.17) is 10.8 Å². The second-order valence-corrected chi connectivity index (χ2v) is 7.02. The van der Waals surface area contributed by atoms with Crippen LogP contribution < -0.4 is 21.7 Å². The van der Waals surface area contributed by atoms with Crippen LogP contribution in [0, 0.1) is 0 Å². The molecule has 0 heterocycles. The fourth-order valence-electron chi connectivity index (χ4n) is 2.43. The number of aliphatic carboxylic acids is 1. The van der Waals surface area contributed by atoms with Crippen LogP contribution in [-0.4, -0.2) is 69.3 Å². The summed E-state index contributed by atoms with van der Waals surface area (Å²) in [6, 6.07) is 1.37. The Hall–Kier alpha value is -3.18. The standard InChI is InChI=1S/C19H28N4O7/c1-9(20)16(26)22-14(8-12-4-6-13(25)7-5-12)18(28)21-10(2)17(27)23-15(11(3)24)19(29)30/h4-7,9-11,14-15,24-25H,8,20H2,1-3H3,(H,21,28)(H,22,26)(H,23,27)(H,29,30). The molecule has 5 atom stereocenters. The monoisotopic (exact) mass is 424 g/mol. The zero-order chi connectivity index (χ0) is 23.0. The minimum atomic E-state index is -1.54. The number of carboxylic acids is 1. The molecule has 1 aromatic carbocycles. The summed E-state index contributed by atoms with van der Waals surface area (Å²) in [6.45, 7) is 3.99. The first kappa shape index (κ1) is 24.9. The Morgan fingerprint density at radius 3 is 1.97 bits per heavy atom. The summed E-state index contributed by atoms with van der Waals surface area (Å²) in [5.41, 5.74) is 6.17. The number of nitrogens with one attached hydrogen (secondary N) is 3. The number of carbonyl (C=O) groups is 4. The van der Waals surface area contributed by atoms with E-state index in [9.17, 15) is 29.4 Å². The summed E-state index contributed by atoms with van der Waals surface area (Å²) < 4.78 is 0. The maximum absolute atomic E-state index is 12.7. The molecule has 0 aliphatic rings. The van der Waals surface area contributed by atoms with Gasteiger partial charge in [0.25, 0.3) is 0 Å². The molecular weight excluding hydrogens is 396 g/mol. The molecule has 0 bridgehead atoms. The molecule has 3 amide bonds. The molecule has 0 spiro atoms. The largest absolute Gasteiger partial charge is 0.508 e. The Morgan fingerprint density at radius 2 is 1.50 bits per heavy atom. The van der Waals surface area contributed by atoms with Crippen molar-refractivity contribution in [2.75, 3.05) is 0 Å². The first-order chi connectivity index (χ1) is 13.9. The van der Waals surface area contributed by atoms with Gasteiger partial charge >= 0.3 is 5.97 Å². The number of hydrogen-bond acceptors (Lipinski definition) is 7. The topological polar surface area (TPSA) is 191 Å². The van der Waals surface area contributed by atoms with Crippen LogP contribution in [0.15, 0.2) is 24.3 Å². The fraction of sp³-hybridized carbons (Fsp3) is 0.474. The summed E-state index contributed by atoms with van der Waals surface area (Å²) >= 11 is 0. The molecule has 0 saturated heterocycles. The molecular formula is C19H28N4O7. The summed E-state index contributed by atoms with van der Waals surface area (Å²) in [7, 11) is 0. The van der Waals surface area contributed by atoms with Gasteiger partial charge < -0.3 is 37.0 Å². The van der Waals surface area contributed by atoms with Crippen LogP contribution in [0.25, 0.3) is 0 Å². The van der Waals surface area contributed by atoms with E-state index >= 15 is 0 Å². The Morgan fingerprint density at radius 1 is 0.933 bits per heavy atom. The van der Waals surface area contributed by atoms with Crippen molar-refractivity contribution in [3.63, 3.8) is 0 Å². The normalized spacial score (nSPS) is 15.8. The van der Waals surface area contributed by atoms with E-state index in [0.717, 1.165) is 0 Å². The van der Waals surface area contributed by atoms with Crippen LogP contribution in [0.2, 0.25) is 0 Å². The quantitative estimate of drug-likeness (QED) is 0.229. The average molecular weight is 424 g/mol. The van der Waals surface area contributed by atoms with Gasteiger partial charge in [0.15, 0.2) is 6.04 Å². The molecule has 166 valence electrons. The second-order valence-electron chi connectivity index (χ2n) is 7.02. The lowest BCUT2D eigenvalue weighted by molar-refractivity contribution is -0.145. The molecule has 11 heteroatoms. The maximum atomic E-state index is 12.7. The molecule has 0 saturated carbocycles. The van der Waals surface area contributed by atoms with Crippen molar-refractivity contribution >= 4 is 23.7 Å². The van der Waals surface area contributed by atoms with Crippen LogP contribution in [0.5, 0.6) is 5.75 Å². The average Bonchev–Trinajstić information content (AvgIpc) is 2.65. The minimum Gasteiger partial charge on any atom is -0.508 e. The molecule has 0 aromatic heterocycles. The van der Waals surface area contributed by atoms with Crippen molar-refractivity contribution in [1.82, 2.24) is 16.0 Å². The van der Waals surface area contributed by atoms with Gasteiger partial charge in [0.1, 0.15) is 17.8 Å². The third-order valence-corrected chi connectivity index (χ3v) is 4.22. The molecule has 1 rings (SSSR count). The number of hydrogen-bond donors (Lipinski definition) is 7. The highest BCUT2D eigenvalue weighted by molar-refractivity contribution is 5.94.